The van der Waals surface area contributed by atoms with Crippen LogP contribution in [0.2, 0.25) is 0 Å². The number of ketones is 1. The lowest BCUT2D eigenvalue weighted by molar-refractivity contribution is -0.143. The highest BCUT2D eigenvalue weighted by Gasteiger charge is 2.85. The number of likely N-dealkylation sites (tertiary alicyclic amines) is 1. The third-order valence-corrected chi connectivity index (χ3v) is 14.5. The van der Waals surface area contributed by atoms with Crippen LogP contribution in [0.15, 0.2) is 0 Å². The lowest BCUT2D eigenvalue weighted by atomic mass is 9.73. The molecule has 4 aliphatic carbocycles. The molecule has 0 aromatic heterocycles. The van der Waals surface area contributed by atoms with Crippen LogP contribution in [0.4, 0.5) is 4.79 Å². The fourth-order valence-corrected chi connectivity index (χ4v) is 10.3. The monoisotopic (exact) mass is 742 g/mol. The fourth-order valence-electron chi connectivity index (χ4n) is 10.3. The number of primary amides is 1. The Morgan fingerprint density at radius 2 is 1.42 bits per heavy atom. The molecule has 1 unspecified atom stereocenters. The van der Waals surface area contributed by atoms with Crippen molar-refractivity contribution in [1.29, 1.82) is 0 Å². The summed E-state index contributed by atoms with van der Waals surface area (Å²) >= 11 is 0. The molecule has 2 spiro atoms. The van der Waals surface area contributed by atoms with Gasteiger partial charge in [0.1, 0.15) is 12.1 Å². The van der Waals surface area contributed by atoms with Crippen molar-refractivity contribution in [2.24, 2.45) is 44.5 Å². The standard InChI is InChI=1S/C40H67N7O6/c1-35(2,3)27(22-43-33(52)38(42)16-10-9-11-17-38)45-34(53)46-29(36(4,5)6)32(51)47-23-40(37(7,8)39(40)18-13-19-39)21-26(47)31(50)44-25(28(48)30(41)49)20-24-14-12-15-24/h24-27,29H,9-23,42H2,1-8H3,(H2,41,49)(H,43,52)(H,44,50)(H2,45,46,53)/t25?,26-,27+,29+,40+/m0/s1. The molecule has 0 bridgehead atoms. The first-order chi connectivity index (χ1) is 24.5. The van der Waals surface area contributed by atoms with Crippen molar-refractivity contribution >= 4 is 35.4 Å². The molecule has 4 saturated carbocycles. The van der Waals surface area contributed by atoms with Crippen LogP contribution in [0.5, 0.6) is 0 Å². The minimum atomic E-state index is -1.09. The summed E-state index contributed by atoms with van der Waals surface area (Å²) in [6.45, 7) is 16.5. The third kappa shape index (κ3) is 7.57. The molecule has 5 fully saturated rings. The quantitative estimate of drug-likeness (QED) is 0.164. The molecular formula is C40H67N7O6. The van der Waals surface area contributed by atoms with Crippen LogP contribution >= 0.6 is 0 Å². The van der Waals surface area contributed by atoms with E-state index in [0.717, 1.165) is 57.8 Å². The average Bonchev–Trinajstić information content (AvgIpc) is 3.24. The Balaban J connectivity index is 1.35. The molecule has 1 heterocycles. The van der Waals surface area contributed by atoms with Crippen molar-refractivity contribution in [2.75, 3.05) is 13.1 Å². The zero-order chi connectivity index (χ0) is 39.4. The number of nitrogens with zero attached hydrogens (tertiary/aromatic N) is 1. The summed E-state index contributed by atoms with van der Waals surface area (Å²) in [6, 6.07) is -3.98. The van der Waals surface area contributed by atoms with Gasteiger partial charge in [0, 0.05) is 18.5 Å². The van der Waals surface area contributed by atoms with Crippen LogP contribution in [-0.2, 0) is 24.0 Å². The summed E-state index contributed by atoms with van der Waals surface area (Å²) in [7, 11) is 0. The number of hydrogen-bond acceptors (Lipinski definition) is 7. The predicted octanol–water partition coefficient (Wildman–Crippen LogP) is 3.42. The van der Waals surface area contributed by atoms with Crippen molar-refractivity contribution < 1.29 is 28.8 Å². The minimum absolute atomic E-state index is 0.0219. The maximum absolute atomic E-state index is 14.8. The molecule has 13 nitrogen and oxygen atoms in total. The Morgan fingerprint density at radius 1 is 0.792 bits per heavy atom. The second-order valence-electron chi connectivity index (χ2n) is 19.9. The molecule has 5 atom stereocenters. The number of amides is 6. The first kappa shape index (κ1) is 41.0. The molecule has 6 amide bonds. The zero-order valence-corrected chi connectivity index (χ0v) is 33.5. The number of nitrogens with two attached hydrogens (primary N) is 2. The highest BCUT2D eigenvalue weighted by atomic mass is 16.2. The van der Waals surface area contributed by atoms with E-state index >= 15 is 0 Å². The highest BCUT2D eigenvalue weighted by Crippen LogP contribution is 2.88. The highest BCUT2D eigenvalue weighted by molar-refractivity contribution is 6.37. The Morgan fingerprint density at radius 3 is 1.89 bits per heavy atom. The summed E-state index contributed by atoms with van der Waals surface area (Å²) < 4.78 is 0. The normalized spacial score (nSPS) is 27.4. The lowest BCUT2D eigenvalue weighted by Gasteiger charge is -2.38. The Kier molecular flexibility index (Phi) is 11.2. The van der Waals surface area contributed by atoms with Gasteiger partial charge in [-0.2, -0.15) is 0 Å². The summed E-state index contributed by atoms with van der Waals surface area (Å²) in [6.07, 6.45) is 10.9. The van der Waals surface area contributed by atoms with Crippen LogP contribution in [0.1, 0.15) is 139 Å². The molecule has 298 valence electrons. The van der Waals surface area contributed by atoms with Crippen LogP contribution in [-0.4, -0.2) is 83.1 Å². The van der Waals surface area contributed by atoms with Crippen LogP contribution in [0.3, 0.4) is 0 Å². The van der Waals surface area contributed by atoms with E-state index in [2.05, 4.69) is 35.1 Å². The van der Waals surface area contributed by atoms with E-state index in [1.165, 1.54) is 0 Å². The topological polar surface area (TPSA) is 206 Å². The van der Waals surface area contributed by atoms with E-state index in [1.54, 1.807) is 4.90 Å². The second-order valence-corrected chi connectivity index (χ2v) is 19.9. The van der Waals surface area contributed by atoms with Crippen LogP contribution < -0.4 is 32.7 Å². The average molecular weight is 742 g/mol. The Hall–Kier alpha value is -3.22. The van der Waals surface area contributed by atoms with Gasteiger partial charge in [-0.05, 0) is 66.1 Å². The zero-order valence-electron chi connectivity index (χ0n) is 33.5. The third-order valence-electron chi connectivity index (χ3n) is 14.5. The first-order valence-electron chi connectivity index (χ1n) is 20.1. The summed E-state index contributed by atoms with van der Waals surface area (Å²) in [4.78, 5) is 82.7. The number of rotatable bonds is 12. The van der Waals surface area contributed by atoms with Gasteiger partial charge in [-0.1, -0.05) is 100 Å². The molecule has 8 N–H and O–H groups in total. The maximum Gasteiger partial charge on any atom is 0.315 e. The molecule has 5 rings (SSSR count). The Bertz CT molecular complexity index is 1470. The Labute approximate surface area is 316 Å². The summed E-state index contributed by atoms with van der Waals surface area (Å²) in [5.41, 5.74) is 9.42. The van der Waals surface area contributed by atoms with E-state index in [1.807, 2.05) is 41.5 Å². The molecule has 0 aromatic rings. The molecule has 13 heteroatoms. The number of carbonyl (C=O) groups is 6. The van der Waals surface area contributed by atoms with Crippen molar-refractivity contribution in [1.82, 2.24) is 26.2 Å². The number of nitrogens with one attached hydrogen (secondary N) is 4. The SMILES string of the molecule is CC(C)(C)[C@H](NC(=O)N[C@H](CNC(=O)C1(N)CCCCC1)C(C)(C)C)C(=O)N1C[C@]2(C[C@H]1C(=O)NC(CC1CCC1)C(=O)C(N)=O)C(C)(C)C21CCC1. The number of Topliss-reactive ketones (excluding diaryl/α,β-unsaturated/α-hetero) is 1. The van der Waals surface area contributed by atoms with E-state index in [4.69, 9.17) is 11.5 Å². The van der Waals surface area contributed by atoms with E-state index in [9.17, 15) is 28.8 Å². The van der Waals surface area contributed by atoms with Gasteiger partial charge in [0.25, 0.3) is 5.91 Å². The van der Waals surface area contributed by atoms with Crippen molar-refractivity contribution in [2.45, 2.75) is 169 Å². The summed E-state index contributed by atoms with van der Waals surface area (Å²) in [5.74, 6) is -2.75. The van der Waals surface area contributed by atoms with Gasteiger partial charge in [-0.15, -0.1) is 0 Å². The largest absolute Gasteiger partial charge is 0.363 e. The van der Waals surface area contributed by atoms with Gasteiger partial charge in [0.15, 0.2) is 0 Å². The number of carbonyl (C=O) groups excluding carboxylic acids is 6. The van der Waals surface area contributed by atoms with Gasteiger partial charge in [0.2, 0.25) is 23.5 Å². The van der Waals surface area contributed by atoms with Crippen LogP contribution in [0.25, 0.3) is 0 Å². The second kappa shape index (κ2) is 14.5. The molecular weight excluding hydrogens is 674 g/mol. The van der Waals surface area contributed by atoms with Gasteiger partial charge in [-0.3, -0.25) is 24.0 Å². The summed E-state index contributed by atoms with van der Waals surface area (Å²) in [5, 5.41) is 11.8. The number of hydrogen-bond donors (Lipinski definition) is 6. The van der Waals surface area contributed by atoms with Gasteiger partial charge < -0.3 is 37.6 Å². The number of fused-ring (bicyclic) bond motifs is 1. The first-order valence-corrected chi connectivity index (χ1v) is 20.1. The fraction of sp³-hybridized carbons (Fsp3) is 0.850. The van der Waals surface area contributed by atoms with E-state index in [0.29, 0.717) is 32.2 Å². The molecule has 53 heavy (non-hydrogen) atoms. The maximum atomic E-state index is 14.8. The van der Waals surface area contributed by atoms with Gasteiger partial charge >= 0.3 is 6.03 Å². The molecule has 0 radical (unpaired) electrons. The number of urea groups is 1. The molecule has 1 saturated heterocycles. The van der Waals surface area contributed by atoms with Crippen molar-refractivity contribution in [3.05, 3.63) is 0 Å². The van der Waals surface area contributed by atoms with Crippen molar-refractivity contribution in [3.63, 3.8) is 0 Å². The molecule has 0 aromatic carbocycles. The van der Waals surface area contributed by atoms with Crippen LogP contribution in [0, 0.1) is 33.0 Å². The van der Waals surface area contributed by atoms with Gasteiger partial charge in [0.05, 0.1) is 17.6 Å². The minimum Gasteiger partial charge on any atom is -0.363 e. The van der Waals surface area contributed by atoms with E-state index < -0.39 is 64.2 Å². The lowest BCUT2D eigenvalue weighted by Crippen LogP contribution is -2.62. The van der Waals surface area contributed by atoms with Gasteiger partial charge in [-0.25, -0.2) is 4.79 Å². The van der Waals surface area contributed by atoms with Crippen molar-refractivity contribution in [3.8, 4) is 0 Å². The predicted molar refractivity (Wildman–Crippen MR) is 202 cm³/mol. The molecule has 5 aliphatic rings. The smallest absolute Gasteiger partial charge is 0.315 e. The molecule has 1 aliphatic heterocycles. The van der Waals surface area contributed by atoms with E-state index in [-0.39, 0.29) is 40.5 Å².